The third-order valence-electron chi connectivity index (χ3n) is 12.3. The van der Waals surface area contributed by atoms with Gasteiger partial charge in [0.05, 0.1) is 27.9 Å². The molecule has 0 saturated carbocycles. The Morgan fingerprint density at radius 1 is 0.755 bits per heavy atom. The number of amides is 1. The molecule has 3 fully saturated rings. The molecule has 0 spiro atoms. The predicted molar refractivity (Wildman–Crippen MR) is 215 cm³/mol. The Balaban J connectivity index is 0.000000164. The van der Waals surface area contributed by atoms with Gasteiger partial charge < -0.3 is 24.2 Å². The molecule has 4 aromatic rings. The van der Waals surface area contributed by atoms with E-state index >= 15 is 0 Å². The van der Waals surface area contributed by atoms with Crippen LogP contribution in [0.15, 0.2) is 66.7 Å². The maximum Gasteiger partial charge on any atom is 0.494 e. The monoisotopic (exact) mass is 717 g/mol. The lowest BCUT2D eigenvalue weighted by Gasteiger charge is -2.32. The lowest BCUT2D eigenvalue weighted by atomic mass is 9.78. The van der Waals surface area contributed by atoms with Gasteiger partial charge in [-0.2, -0.15) is 0 Å². The number of piperidine rings is 2. The molecule has 53 heavy (non-hydrogen) atoms. The van der Waals surface area contributed by atoms with Gasteiger partial charge in [0.1, 0.15) is 0 Å². The molecule has 2 aromatic carbocycles. The number of likely N-dealkylation sites (tertiary alicyclic amines) is 2. The summed E-state index contributed by atoms with van der Waals surface area (Å²) in [5, 5.41) is 11.9. The highest BCUT2D eigenvalue weighted by Gasteiger charge is 2.51. The standard InChI is InChI=1S/C22H27N3O2.C21H29BN2O2/c1-15-3-8-21(25(14-15)22(26)27)18-5-4-16-6-7-19(23-20(16)13-18)17-9-11-24(2)12-10-17;1-20(2)21(3,4)26-22(25-20)17-8-6-15-7-9-18(23-19(15)14-17)16-10-12-24(5)13-11-16/h4-8,13,15,17H,3,9-12,14H2,1-2H3,(H,26,27);6-9,14,16H,10-13H2,1-5H3/t15-;/m0./s1. The minimum absolute atomic E-state index is 0.323. The van der Waals surface area contributed by atoms with E-state index in [4.69, 9.17) is 19.3 Å². The third kappa shape index (κ3) is 8.16. The van der Waals surface area contributed by atoms with Gasteiger partial charge in [-0.15, -0.1) is 0 Å². The van der Waals surface area contributed by atoms with E-state index in [1.807, 2.05) is 18.2 Å². The summed E-state index contributed by atoms with van der Waals surface area (Å²) >= 11 is 0. The summed E-state index contributed by atoms with van der Waals surface area (Å²) in [4.78, 5) is 27.9. The van der Waals surface area contributed by atoms with Crippen molar-refractivity contribution in [3.63, 3.8) is 0 Å². The zero-order valence-corrected chi connectivity index (χ0v) is 32.6. The Morgan fingerprint density at radius 2 is 1.25 bits per heavy atom. The van der Waals surface area contributed by atoms with Crippen LogP contribution >= 0.6 is 0 Å². The van der Waals surface area contributed by atoms with E-state index in [2.05, 4.69) is 107 Å². The van der Waals surface area contributed by atoms with Gasteiger partial charge in [-0.3, -0.25) is 14.9 Å². The summed E-state index contributed by atoms with van der Waals surface area (Å²) in [5.41, 5.74) is 6.49. The largest absolute Gasteiger partial charge is 0.494 e. The SMILES string of the molecule is CN1CCC(c2ccc3ccc(B4OC(C)(C)C(C)(C)O4)cc3n2)CC1.C[C@H]1CC=C(c2ccc3ccc(C4CCN(C)CC4)nc3c2)N(C(=O)O)C1. The summed E-state index contributed by atoms with van der Waals surface area (Å²) < 4.78 is 12.4. The average Bonchev–Trinajstić information content (AvgIpc) is 3.37. The van der Waals surface area contributed by atoms with E-state index in [-0.39, 0.29) is 18.3 Å². The highest BCUT2D eigenvalue weighted by molar-refractivity contribution is 6.62. The molecule has 10 heteroatoms. The third-order valence-corrected chi connectivity index (χ3v) is 12.3. The number of hydrogen-bond acceptors (Lipinski definition) is 7. The van der Waals surface area contributed by atoms with Crippen LogP contribution in [-0.4, -0.2) is 101 Å². The number of benzene rings is 2. The molecule has 0 unspecified atom stereocenters. The average molecular weight is 718 g/mol. The maximum absolute atomic E-state index is 11.7. The first-order valence-corrected chi connectivity index (χ1v) is 19.5. The van der Waals surface area contributed by atoms with Crippen molar-refractivity contribution in [2.24, 2.45) is 5.92 Å². The quantitative estimate of drug-likeness (QED) is 0.215. The van der Waals surface area contributed by atoms with E-state index in [0.29, 0.717) is 24.3 Å². The van der Waals surface area contributed by atoms with Crippen LogP contribution in [0.4, 0.5) is 4.79 Å². The highest BCUT2D eigenvalue weighted by Crippen LogP contribution is 2.37. The topological polar surface area (TPSA) is 91.3 Å². The summed E-state index contributed by atoms with van der Waals surface area (Å²) in [5.74, 6) is 1.43. The summed E-state index contributed by atoms with van der Waals surface area (Å²) in [6.45, 7) is 15.5. The number of carboxylic acid groups (broad SMARTS) is 1. The zero-order chi connectivity index (χ0) is 37.5. The number of pyridine rings is 2. The molecular weight excluding hydrogens is 661 g/mol. The Morgan fingerprint density at radius 3 is 1.77 bits per heavy atom. The smallest absolute Gasteiger partial charge is 0.465 e. The second kappa shape index (κ2) is 15.1. The van der Waals surface area contributed by atoms with Crippen molar-refractivity contribution in [3.8, 4) is 0 Å². The predicted octanol–water partition coefficient (Wildman–Crippen LogP) is 7.75. The number of rotatable bonds is 4. The Labute approximate surface area is 315 Å². The molecule has 1 N–H and O–H groups in total. The van der Waals surface area contributed by atoms with Crippen molar-refractivity contribution in [2.75, 3.05) is 46.8 Å². The Kier molecular flexibility index (Phi) is 10.7. The molecule has 9 nitrogen and oxygen atoms in total. The number of fused-ring (bicyclic) bond motifs is 2. The van der Waals surface area contributed by atoms with Crippen molar-refractivity contribution in [1.29, 1.82) is 0 Å². The number of aromatic nitrogens is 2. The minimum atomic E-state index is -0.888. The van der Waals surface area contributed by atoms with Crippen molar-refractivity contribution >= 4 is 46.2 Å². The van der Waals surface area contributed by atoms with Crippen LogP contribution < -0.4 is 5.46 Å². The van der Waals surface area contributed by atoms with Gasteiger partial charge in [-0.1, -0.05) is 49.4 Å². The van der Waals surface area contributed by atoms with Gasteiger partial charge >= 0.3 is 13.2 Å². The number of hydrogen-bond donors (Lipinski definition) is 1. The van der Waals surface area contributed by atoms with E-state index in [1.54, 1.807) is 0 Å². The fourth-order valence-electron chi connectivity index (χ4n) is 7.99. The molecule has 0 radical (unpaired) electrons. The van der Waals surface area contributed by atoms with Gasteiger partial charge in [-0.05, 0) is 136 Å². The second-order valence-electron chi connectivity index (χ2n) is 16.9. The van der Waals surface area contributed by atoms with Crippen molar-refractivity contribution in [1.82, 2.24) is 24.7 Å². The minimum Gasteiger partial charge on any atom is -0.465 e. The number of allylic oxidation sites excluding steroid dienone is 1. The molecule has 1 atom stereocenters. The van der Waals surface area contributed by atoms with Gasteiger partial charge in [-0.25, -0.2) is 4.79 Å². The molecule has 8 rings (SSSR count). The van der Waals surface area contributed by atoms with Crippen LogP contribution in [0.25, 0.3) is 27.5 Å². The van der Waals surface area contributed by atoms with Crippen LogP contribution in [0.3, 0.4) is 0 Å². The molecule has 3 saturated heterocycles. The first-order valence-electron chi connectivity index (χ1n) is 19.5. The molecule has 1 amide bonds. The molecule has 0 aliphatic carbocycles. The first kappa shape index (κ1) is 37.5. The van der Waals surface area contributed by atoms with Gasteiger partial charge in [0.2, 0.25) is 0 Å². The molecular formula is C43H56BN5O4. The van der Waals surface area contributed by atoms with Crippen LogP contribution in [-0.2, 0) is 9.31 Å². The lowest BCUT2D eigenvalue weighted by molar-refractivity contribution is 0.00578. The molecule has 0 bridgehead atoms. The van der Waals surface area contributed by atoms with E-state index < -0.39 is 6.09 Å². The van der Waals surface area contributed by atoms with Gasteiger partial charge in [0, 0.05) is 46.1 Å². The van der Waals surface area contributed by atoms with Crippen molar-refractivity contribution in [2.45, 2.75) is 89.8 Å². The molecule has 4 aliphatic heterocycles. The van der Waals surface area contributed by atoms with Crippen LogP contribution in [0, 0.1) is 5.92 Å². The number of carbonyl (C=O) groups is 1. The van der Waals surface area contributed by atoms with E-state index in [0.717, 1.165) is 84.3 Å². The molecule has 6 heterocycles. The highest BCUT2D eigenvalue weighted by atomic mass is 16.7. The van der Waals surface area contributed by atoms with Gasteiger partial charge in [0.25, 0.3) is 0 Å². The second-order valence-corrected chi connectivity index (χ2v) is 16.9. The normalized spacial score (nSPS) is 22.8. The first-order chi connectivity index (χ1) is 25.3. The van der Waals surface area contributed by atoms with Gasteiger partial charge in [0.15, 0.2) is 0 Å². The Bertz CT molecular complexity index is 1970. The summed E-state index contributed by atoms with van der Waals surface area (Å²) in [6.07, 6.45) is 6.72. The van der Waals surface area contributed by atoms with Crippen molar-refractivity contribution < 1.29 is 19.2 Å². The number of nitrogens with zero attached hydrogens (tertiary/aromatic N) is 5. The molecule has 2 aromatic heterocycles. The van der Waals surface area contributed by atoms with E-state index in [1.165, 1.54) is 28.8 Å². The lowest BCUT2D eigenvalue weighted by Crippen LogP contribution is -2.41. The zero-order valence-electron chi connectivity index (χ0n) is 32.6. The fraction of sp³-hybridized carbons (Fsp3) is 0.512. The fourth-order valence-corrected chi connectivity index (χ4v) is 7.99. The van der Waals surface area contributed by atoms with Crippen LogP contribution in [0.1, 0.15) is 95.5 Å². The molecule has 4 aliphatic rings. The van der Waals surface area contributed by atoms with Crippen LogP contribution in [0.2, 0.25) is 0 Å². The van der Waals surface area contributed by atoms with E-state index in [9.17, 15) is 9.90 Å². The van der Waals surface area contributed by atoms with Crippen LogP contribution in [0.5, 0.6) is 0 Å². The van der Waals surface area contributed by atoms with Crippen molar-refractivity contribution in [3.05, 3.63) is 83.7 Å². The summed E-state index contributed by atoms with van der Waals surface area (Å²) in [7, 11) is 4.03. The maximum atomic E-state index is 11.7. The molecule has 280 valence electrons. The summed E-state index contributed by atoms with van der Waals surface area (Å²) in [6, 6.07) is 21.2. The Hall–Kier alpha value is -3.83.